The van der Waals surface area contributed by atoms with Crippen molar-refractivity contribution < 1.29 is 0 Å². The second-order valence-electron chi connectivity index (χ2n) is 3.19. The summed E-state index contributed by atoms with van der Waals surface area (Å²) in [5.74, 6) is 0. The average molecular weight is 207 g/mol. The molecule has 0 amide bonds. The van der Waals surface area contributed by atoms with Gasteiger partial charge >= 0.3 is 0 Å². The first kappa shape index (κ1) is 11.4. The predicted octanol–water partition coefficient (Wildman–Crippen LogP) is 1.88. The van der Waals surface area contributed by atoms with E-state index in [-0.39, 0.29) is 0 Å². The Morgan fingerprint density at radius 1 is 1.20 bits per heavy atom. The number of aromatic nitrogens is 5. The number of hydrogen-bond donors (Lipinski definition) is 1. The van der Waals surface area contributed by atoms with Crippen LogP contribution in [0.5, 0.6) is 0 Å². The van der Waals surface area contributed by atoms with Crippen molar-refractivity contribution in [1.82, 2.24) is 25.2 Å². The van der Waals surface area contributed by atoms with E-state index >= 15 is 0 Å². The molecular weight excluding hydrogens is 190 g/mol. The minimum Gasteiger partial charge on any atom is -0.354 e. The number of hydrogen-bond acceptors (Lipinski definition) is 3. The van der Waals surface area contributed by atoms with E-state index in [9.17, 15) is 0 Å². The van der Waals surface area contributed by atoms with Gasteiger partial charge in [-0.25, -0.2) is 5.10 Å². The average Bonchev–Trinajstić information content (AvgIpc) is 2.94. The van der Waals surface area contributed by atoms with E-state index in [0.717, 1.165) is 0 Å². The molecule has 5 nitrogen and oxygen atoms in total. The van der Waals surface area contributed by atoms with Crippen molar-refractivity contribution in [3.8, 4) is 0 Å². The highest BCUT2D eigenvalue weighted by molar-refractivity contribution is 4.89. The summed E-state index contributed by atoms with van der Waals surface area (Å²) in [4.78, 5) is 0. The molecule has 0 bridgehead atoms. The highest BCUT2D eigenvalue weighted by Crippen LogP contribution is 1.98. The summed E-state index contributed by atoms with van der Waals surface area (Å²) < 4.78 is 2.23. The first-order valence-electron chi connectivity index (χ1n) is 5.21. The van der Waals surface area contributed by atoms with Crippen LogP contribution in [-0.4, -0.2) is 25.2 Å². The third-order valence-corrected chi connectivity index (χ3v) is 1.96. The van der Waals surface area contributed by atoms with Gasteiger partial charge < -0.3 is 4.57 Å². The van der Waals surface area contributed by atoms with Crippen molar-refractivity contribution in [1.29, 1.82) is 0 Å². The van der Waals surface area contributed by atoms with Crippen LogP contribution in [0.2, 0.25) is 0 Å². The first-order chi connectivity index (χ1) is 7.43. The molecule has 0 unspecified atom stereocenters. The Kier molecular flexibility index (Phi) is 5.88. The lowest BCUT2D eigenvalue weighted by atomic mass is 10.2. The fraction of sp³-hybridized carbons (Fsp3) is 0.500. The molecule has 1 N–H and O–H groups in total. The van der Waals surface area contributed by atoms with Gasteiger partial charge in [-0.15, -0.1) is 5.10 Å². The number of nitrogens with zero attached hydrogens (tertiary/aromatic N) is 4. The van der Waals surface area contributed by atoms with E-state index in [0.29, 0.717) is 0 Å². The number of H-pyrrole nitrogens is 1. The Bertz CT molecular complexity index is 283. The Labute approximate surface area is 89.5 Å². The molecule has 0 radical (unpaired) electrons. The summed E-state index contributed by atoms with van der Waals surface area (Å²) in [6.45, 7) is 3.41. The number of aryl methyl sites for hydroxylation is 1. The molecule has 15 heavy (non-hydrogen) atoms. The van der Waals surface area contributed by atoms with Gasteiger partial charge in [0.25, 0.3) is 0 Å². The molecule has 2 heterocycles. The molecular formula is C10H17N5. The maximum Gasteiger partial charge on any atom is 0.135 e. The SMILES string of the molecule is CCCCCn1cccc1.c1nnn[nH]1. The van der Waals surface area contributed by atoms with Crippen molar-refractivity contribution in [3.63, 3.8) is 0 Å². The number of unbranched alkanes of at least 4 members (excludes halogenated alkanes) is 2. The second-order valence-corrected chi connectivity index (χ2v) is 3.19. The van der Waals surface area contributed by atoms with Crippen molar-refractivity contribution in [2.75, 3.05) is 0 Å². The van der Waals surface area contributed by atoms with E-state index in [1.165, 1.54) is 32.1 Å². The molecule has 0 aromatic carbocycles. The van der Waals surface area contributed by atoms with Crippen molar-refractivity contribution in [2.24, 2.45) is 0 Å². The zero-order valence-corrected chi connectivity index (χ0v) is 9.00. The fourth-order valence-electron chi connectivity index (χ4n) is 1.19. The Morgan fingerprint density at radius 2 is 2.00 bits per heavy atom. The number of nitrogens with one attached hydrogen (secondary N) is 1. The van der Waals surface area contributed by atoms with Crippen LogP contribution in [0.25, 0.3) is 0 Å². The molecule has 2 rings (SSSR count). The van der Waals surface area contributed by atoms with Crippen LogP contribution >= 0.6 is 0 Å². The fourth-order valence-corrected chi connectivity index (χ4v) is 1.19. The van der Waals surface area contributed by atoms with Gasteiger partial charge in [-0.05, 0) is 29.0 Å². The predicted molar refractivity (Wildman–Crippen MR) is 58.1 cm³/mol. The van der Waals surface area contributed by atoms with Crippen LogP contribution in [0.15, 0.2) is 30.9 Å². The van der Waals surface area contributed by atoms with Crippen LogP contribution in [0.1, 0.15) is 26.2 Å². The molecule has 0 saturated heterocycles. The van der Waals surface area contributed by atoms with Crippen molar-refractivity contribution in [2.45, 2.75) is 32.7 Å². The maximum atomic E-state index is 3.31. The Hall–Kier alpha value is -1.65. The van der Waals surface area contributed by atoms with Gasteiger partial charge in [0, 0.05) is 18.9 Å². The topological polar surface area (TPSA) is 59.4 Å². The first-order valence-corrected chi connectivity index (χ1v) is 5.21. The lowest BCUT2D eigenvalue weighted by molar-refractivity contribution is 0.604. The van der Waals surface area contributed by atoms with Gasteiger partial charge in [-0.1, -0.05) is 19.8 Å². The number of rotatable bonds is 4. The number of aromatic amines is 1. The van der Waals surface area contributed by atoms with Crippen LogP contribution in [0.3, 0.4) is 0 Å². The van der Waals surface area contributed by atoms with Crippen molar-refractivity contribution >= 4 is 0 Å². The zero-order valence-electron chi connectivity index (χ0n) is 9.00. The minimum absolute atomic E-state index is 1.18. The molecule has 0 spiro atoms. The highest BCUT2D eigenvalue weighted by Gasteiger charge is 1.86. The van der Waals surface area contributed by atoms with Crippen LogP contribution in [0, 0.1) is 0 Å². The summed E-state index contributed by atoms with van der Waals surface area (Å²) in [5.41, 5.74) is 0. The number of tetrazole rings is 1. The van der Waals surface area contributed by atoms with Gasteiger partial charge in [-0.2, -0.15) is 0 Å². The second kappa shape index (κ2) is 7.73. The van der Waals surface area contributed by atoms with Crippen LogP contribution in [0.4, 0.5) is 0 Å². The summed E-state index contributed by atoms with van der Waals surface area (Å²) in [6, 6.07) is 4.15. The monoisotopic (exact) mass is 207 g/mol. The summed E-state index contributed by atoms with van der Waals surface area (Å²) in [5, 5.41) is 12.1. The minimum atomic E-state index is 1.18. The molecule has 0 saturated carbocycles. The maximum absolute atomic E-state index is 3.31. The lowest BCUT2D eigenvalue weighted by Gasteiger charge is -1.99. The van der Waals surface area contributed by atoms with E-state index in [1.807, 2.05) is 0 Å². The largest absolute Gasteiger partial charge is 0.354 e. The molecule has 0 fully saturated rings. The van der Waals surface area contributed by atoms with Gasteiger partial charge in [0.15, 0.2) is 0 Å². The highest BCUT2D eigenvalue weighted by atomic mass is 15.5. The Morgan fingerprint density at radius 3 is 2.47 bits per heavy atom. The third kappa shape index (κ3) is 5.61. The summed E-state index contributed by atoms with van der Waals surface area (Å²) in [6.07, 6.45) is 9.61. The van der Waals surface area contributed by atoms with E-state index in [2.05, 4.69) is 56.6 Å². The third-order valence-electron chi connectivity index (χ3n) is 1.96. The van der Waals surface area contributed by atoms with Crippen LogP contribution in [-0.2, 0) is 6.54 Å². The van der Waals surface area contributed by atoms with Gasteiger partial charge in [-0.3, -0.25) is 0 Å². The lowest BCUT2D eigenvalue weighted by Crippen LogP contribution is -1.92. The van der Waals surface area contributed by atoms with E-state index < -0.39 is 0 Å². The molecule has 0 atom stereocenters. The summed E-state index contributed by atoms with van der Waals surface area (Å²) >= 11 is 0. The molecule has 0 aliphatic carbocycles. The van der Waals surface area contributed by atoms with Crippen LogP contribution < -0.4 is 0 Å². The molecule has 0 aliphatic rings. The molecule has 2 aromatic heterocycles. The quantitative estimate of drug-likeness (QED) is 0.779. The standard InChI is InChI=1S/C9H15N.CH2N4/c1-2-3-4-7-10-8-5-6-9-10;1-2-4-5-3-1/h5-6,8-9H,2-4,7H2,1H3;1H,(H,2,3,4,5). The molecule has 2 aromatic rings. The van der Waals surface area contributed by atoms with E-state index in [1.54, 1.807) is 0 Å². The normalized spacial score (nSPS) is 9.40. The Balaban J connectivity index is 0.000000187. The summed E-state index contributed by atoms with van der Waals surface area (Å²) in [7, 11) is 0. The van der Waals surface area contributed by atoms with E-state index in [4.69, 9.17) is 0 Å². The smallest absolute Gasteiger partial charge is 0.135 e. The van der Waals surface area contributed by atoms with Crippen molar-refractivity contribution in [3.05, 3.63) is 30.9 Å². The van der Waals surface area contributed by atoms with Gasteiger partial charge in [0.1, 0.15) is 6.33 Å². The molecule has 82 valence electrons. The molecule has 0 aliphatic heterocycles. The van der Waals surface area contributed by atoms with Gasteiger partial charge in [0.2, 0.25) is 0 Å². The molecule has 5 heteroatoms. The van der Waals surface area contributed by atoms with Gasteiger partial charge in [0.05, 0.1) is 0 Å². The zero-order chi connectivity index (χ0) is 10.8.